The summed E-state index contributed by atoms with van der Waals surface area (Å²) >= 11 is 1.70. The zero-order valence-corrected chi connectivity index (χ0v) is 27.9. The lowest BCUT2D eigenvalue weighted by Gasteiger charge is -2.36. The maximum atomic E-state index is 12.9. The minimum Gasteiger partial charge on any atom is -0.391 e. The van der Waals surface area contributed by atoms with E-state index in [1.807, 2.05) is 74.1 Å². The molecule has 9 heteroatoms. The molecular weight excluding hydrogens is 546 g/mol. The Morgan fingerprint density at radius 1 is 1.12 bits per heavy atom. The van der Waals surface area contributed by atoms with Crippen LogP contribution in [0.2, 0.25) is 0 Å². The van der Waals surface area contributed by atoms with Gasteiger partial charge in [-0.15, -0.1) is 11.3 Å². The van der Waals surface area contributed by atoms with Crippen molar-refractivity contribution in [2.45, 2.75) is 106 Å². The van der Waals surface area contributed by atoms with Crippen molar-refractivity contribution >= 4 is 23.5 Å². The van der Waals surface area contributed by atoms with Crippen LogP contribution in [0.25, 0.3) is 10.4 Å². The molecule has 5 rings (SSSR count). The minimum atomic E-state index is -0.606. The molecule has 2 N–H and O–H groups in total. The number of aldehydes is 1. The number of nitrogens with one attached hydrogen (secondary N) is 1. The van der Waals surface area contributed by atoms with Crippen LogP contribution in [0.3, 0.4) is 0 Å². The van der Waals surface area contributed by atoms with Crippen molar-refractivity contribution in [3.8, 4) is 10.4 Å². The number of hydrogen-bond acceptors (Lipinski definition) is 7. The highest BCUT2D eigenvalue weighted by atomic mass is 32.1. The van der Waals surface area contributed by atoms with E-state index in [1.165, 1.54) is 20.9 Å². The number of aryl methyl sites for hydroxylation is 2. The second kappa shape index (κ2) is 20.1. The fraction of sp³-hybridized carbons (Fsp3) is 0.576. The van der Waals surface area contributed by atoms with Gasteiger partial charge in [-0.3, -0.25) is 9.48 Å². The second-order valence-electron chi connectivity index (χ2n) is 9.71. The monoisotopic (exact) mass is 599 g/mol. The third kappa shape index (κ3) is 10.1. The van der Waals surface area contributed by atoms with E-state index in [-0.39, 0.29) is 24.4 Å². The zero-order chi connectivity index (χ0) is 31.7. The number of aromatic nitrogens is 3. The fourth-order valence-corrected chi connectivity index (χ4v) is 5.64. The van der Waals surface area contributed by atoms with E-state index in [1.54, 1.807) is 22.2 Å². The lowest BCUT2D eigenvalue weighted by atomic mass is 9.79. The van der Waals surface area contributed by atoms with E-state index in [9.17, 15) is 14.7 Å². The first-order chi connectivity index (χ1) is 20.4. The third-order valence-electron chi connectivity index (χ3n) is 6.97. The van der Waals surface area contributed by atoms with E-state index in [0.29, 0.717) is 6.42 Å². The molecule has 1 saturated heterocycles. The highest BCUT2D eigenvalue weighted by Crippen LogP contribution is 2.38. The Hall–Kier alpha value is -2.88. The Kier molecular flexibility index (Phi) is 17.8. The lowest BCUT2D eigenvalue weighted by Crippen LogP contribution is -2.45. The molecule has 1 amide bonds. The van der Waals surface area contributed by atoms with Crippen molar-refractivity contribution in [2.24, 2.45) is 5.92 Å². The number of aliphatic hydroxyl groups excluding tert-OH is 1. The van der Waals surface area contributed by atoms with Crippen LogP contribution in [0.15, 0.2) is 42.2 Å². The number of aliphatic hydroxyl groups is 1. The SMILES string of the molecule is CC.CC.CC.CNCc1ccc(-c2scnc2C)cc1.Cc1cnn(C(C(=O)N2CC(O)CC2C=O)C2CCC2)c1. The van der Waals surface area contributed by atoms with Gasteiger partial charge in [-0.25, -0.2) is 4.98 Å². The molecule has 1 aliphatic carbocycles. The van der Waals surface area contributed by atoms with Crippen LogP contribution in [0, 0.1) is 19.8 Å². The summed E-state index contributed by atoms with van der Waals surface area (Å²) in [6.45, 7) is 17.2. The van der Waals surface area contributed by atoms with E-state index >= 15 is 0 Å². The molecule has 3 atom stereocenters. The van der Waals surface area contributed by atoms with Crippen LogP contribution in [0.5, 0.6) is 0 Å². The van der Waals surface area contributed by atoms with Gasteiger partial charge >= 0.3 is 0 Å². The van der Waals surface area contributed by atoms with Gasteiger partial charge in [-0.1, -0.05) is 72.2 Å². The molecule has 42 heavy (non-hydrogen) atoms. The summed E-state index contributed by atoms with van der Waals surface area (Å²) in [5.41, 5.74) is 6.59. The second-order valence-corrected chi connectivity index (χ2v) is 10.6. The van der Waals surface area contributed by atoms with E-state index in [2.05, 4.69) is 39.7 Å². The third-order valence-corrected chi connectivity index (χ3v) is 7.95. The van der Waals surface area contributed by atoms with Gasteiger partial charge in [0.15, 0.2) is 0 Å². The molecule has 3 aromatic rings. The summed E-state index contributed by atoms with van der Waals surface area (Å²) in [5, 5.41) is 17.2. The molecular formula is C33H53N5O3S. The first-order valence-electron chi connectivity index (χ1n) is 15.5. The molecule has 1 aliphatic heterocycles. The number of rotatable bonds is 7. The number of nitrogens with zero attached hydrogens (tertiary/aromatic N) is 4. The van der Waals surface area contributed by atoms with Crippen molar-refractivity contribution in [3.05, 3.63) is 59.0 Å². The van der Waals surface area contributed by atoms with Gasteiger partial charge in [0.25, 0.3) is 0 Å². The first-order valence-corrected chi connectivity index (χ1v) is 16.4. The van der Waals surface area contributed by atoms with Crippen molar-refractivity contribution in [1.29, 1.82) is 0 Å². The van der Waals surface area contributed by atoms with Gasteiger partial charge in [-0.2, -0.15) is 5.10 Å². The van der Waals surface area contributed by atoms with Crippen LogP contribution in [-0.4, -0.2) is 62.7 Å². The van der Waals surface area contributed by atoms with Crippen molar-refractivity contribution < 1.29 is 14.7 Å². The van der Waals surface area contributed by atoms with Crippen LogP contribution >= 0.6 is 11.3 Å². The average Bonchev–Trinajstić information content (AvgIpc) is 3.74. The first kappa shape index (κ1) is 37.1. The Morgan fingerprint density at radius 2 is 1.76 bits per heavy atom. The summed E-state index contributed by atoms with van der Waals surface area (Å²) in [5.74, 6) is 0.193. The number of carbonyl (C=O) groups is 2. The fourth-order valence-electron chi connectivity index (χ4n) is 4.82. The molecule has 1 aromatic carbocycles. The van der Waals surface area contributed by atoms with Crippen molar-refractivity contribution in [2.75, 3.05) is 13.6 Å². The predicted octanol–water partition coefficient (Wildman–Crippen LogP) is 6.61. The van der Waals surface area contributed by atoms with Gasteiger partial charge in [-0.05, 0) is 56.3 Å². The summed E-state index contributed by atoms with van der Waals surface area (Å²) in [6.07, 6.45) is 7.28. The van der Waals surface area contributed by atoms with E-state index in [4.69, 9.17) is 0 Å². The molecule has 0 bridgehead atoms. The topological polar surface area (TPSA) is 100 Å². The molecule has 0 spiro atoms. The summed E-state index contributed by atoms with van der Waals surface area (Å²) < 4.78 is 1.73. The Labute approximate surface area is 257 Å². The predicted molar refractivity (Wildman–Crippen MR) is 175 cm³/mol. The lowest BCUT2D eigenvalue weighted by molar-refractivity contribution is -0.141. The van der Waals surface area contributed by atoms with Crippen LogP contribution < -0.4 is 5.32 Å². The van der Waals surface area contributed by atoms with Crippen molar-refractivity contribution in [3.63, 3.8) is 0 Å². The largest absolute Gasteiger partial charge is 0.391 e. The number of carbonyl (C=O) groups excluding carboxylic acids is 2. The highest BCUT2D eigenvalue weighted by Gasteiger charge is 2.42. The smallest absolute Gasteiger partial charge is 0.248 e. The molecule has 2 aromatic heterocycles. The number of amides is 1. The van der Waals surface area contributed by atoms with Crippen LogP contribution in [0.4, 0.5) is 0 Å². The normalized spacial score (nSPS) is 17.9. The molecule has 8 nitrogen and oxygen atoms in total. The minimum absolute atomic E-state index is 0.0866. The Balaban J connectivity index is 0.000000370. The summed E-state index contributed by atoms with van der Waals surface area (Å²) in [7, 11) is 1.96. The van der Waals surface area contributed by atoms with E-state index in [0.717, 1.165) is 43.4 Å². The number of hydrogen-bond donors (Lipinski definition) is 2. The summed E-state index contributed by atoms with van der Waals surface area (Å²) in [4.78, 5) is 31.1. The van der Waals surface area contributed by atoms with Crippen LogP contribution in [0.1, 0.15) is 90.1 Å². The molecule has 3 heterocycles. The van der Waals surface area contributed by atoms with Gasteiger partial charge in [0.1, 0.15) is 12.3 Å². The number of likely N-dealkylation sites (tertiary alicyclic amines) is 1. The molecule has 234 valence electrons. The van der Waals surface area contributed by atoms with Gasteiger partial charge in [0.05, 0.1) is 34.4 Å². The molecule has 2 fully saturated rings. The molecule has 1 saturated carbocycles. The molecule has 3 unspecified atom stereocenters. The Bertz CT molecular complexity index is 1160. The maximum Gasteiger partial charge on any atom is 0.248 e. The van der Waals surface area contributed by atoms with Gasteiger partial charge < -0.3 is 20.1 Å². The molecule has 0 radical (unpaired) electrons. The number of thiazole rings is 1. The highest BCUT2D eigenvalue weighted by molar-refractivity contribution is 7.13. The maximum absolute atomic E-state index is 12.9. The van der Waals surface area contributed by atoms with Gasteiger partial charge in [0, 0.05) is 25.7 Å². The zero-order valence-electron chi connectivity index (χ0n) is 27.1. The van der Waals surface area contributed by atoms with Crippen LogP contribution in [-0.2, 0) is 16.1 Å². The molecule has 2 aliphatic rings. The van der Waals surface area contributed by atoms with Crippen molar-refractivity contribution in [1.82, 2.24) is 25.0 Å². The van der Waals surface area contributed by atoms with E-state index < -0.39 is 12.1 Å². The quantitative estimate of drug-likeness (QED) is 0.297. The standard InChI is InChI=1S/C15H21N3O3.C12H14N2S.3C2H6/c1-10-6-16-18(7-10)14(11-3-2-4-11)15(21)17-8-13(20)5-12(17)9-19;1-9-12(15-8-14-9)11-5-3-10(4-6-11)7-13-2;3*1-2/h6-7,9,11-14,20H,2-5,8H2,1H3;3-6,8,13H,7H2,1-2H3;3*1-2H3. The number of benzene rings is 1. The number of β-amino-alcohol motifs (C(OH)–C–C–N with tert-alkyl or cyclic N) is 1. The van der Waals surface area contributed by atoms with Gasteiger partial charge in [0.2, 0.25) is 5.91 Å². The summed E-state index contributed by atoms with van der Waals surface area (Å²) in [6, 6.07) is 7.78. The average molecular weight is 600 g/mol. The Morgan fingerprint density at radius 3 is 2.21 bits per heavy atom.